The third kappa shape index (κ3) is 4.62. The molecule has 3 atom stereocenters. The maximum absolute atomic E-state index is 5.35. The fourth-order valence-electron chi connectivity index (χ4n) is 3.84. The highest BCUT2D eigenvalue weighted by Gasteiger charge is 2.29. The second kappa shape index (κ2) is 8.50. The third-order valence-corrected chi connectivity index (χ3v) is 5.47. The molecule has 0 bridgehead atoms. The molecule has 2 aromatic rings. The van der Waals surface area contributed by atoms with E-state index < -0.39 is 0 Å². The molecule has 134 valence electrons. The van der Waals surface area contributed by atoms with E-state index in [1.165, 1.54) is 24.1 Å². The Morgan fingerprint density at radius 1 is 1.16 bits per heavy atom. The highest BCUT2D eigenvalue weighted by Crippen LogP contribution is 2.32. The van der Waals surface area contributed by atoms with Crippen LogP contribution in [0.1, 0.15) is 36.4 Å². The number of hydrogen-bond donors (Lipinski definition) is 1. The van der Waals surface area contributed by atoms with Gasteiger partial charge in [0.15, 0.2) is 0 Å². The zero-order chi connectivity index (χ0) is 17.6. The Balaban J connectivity index is 1.65. The summed E-state index contributed by atoms with van der Waals surface area (Å²) in [5.41, 5.74) is 2.75. The van der Waals surface area contributed by atoms with Crippen LogP contribution in [0.2, 0.25) is 0 Å². The fourth-order valence-corrected chi connectivity index (χ4v) is 3.84. The zero-order valence-electron chi connectivity index (χ0n) is 15.6. The van der Waals surface area contributed by atoms with Crippen molar-refractivity contribution in [1.29, 1.82) is 0 Å². The summed E-state index contributed by atoms with van der Waals surface area (Å²) in [5.74, 6) is 2.20. The third-order valence-electron chi connectivity index (χ3n) is 5.47. The molecule has 0 saturated carbocycles. The topological polar surface area (TPSA) is 24.5 Å². The Morgan fingerprint density at radius 2 is 1.96 bits per heavy atom. The smallest absolute Gasteiger partial charge is 0.119 e. The second-order valence-corrected chi connectivity index (χ2v) is 7.23. The maximum atomic E-state index is 5.35. The van der Waals surface area contributed by atoms with E-state index in [2.05, 4.69) is 72.7 Å². The largest absolute Gasteiger partial charge is 0.497 e. The van der Waals surface area contributed by atoms with Gasteiger partial charge in [0.2, 0.25) is 0 Å². The Kier molecular flexibility index (Phi) is 6.11. The lowest BCUT2D eigenvalue weighted by molar-refractivity contribution is 0.183. The first-order chi connectivity index (χ1) is 12.2. The molecule has 3 rings (SSSR count). The molecule has 1 heterocycles. The van der Waals surface area contributed by atoms with E-state index in [4.69, 9.17) is 4.74 Å². The number of rotatable bonds is 6. The van der Waals surface area contributed by atoms with Crippen molar-refractivity contribution in [3.05, 3.63) is 65.7 Å². The number of nitrogens with zero attached hydrogens (tertiary/aromatic N) is 1. The van der Waals surface area contributed by atoms with Crippen molar-refractivity contribution in [1.82, 2.24) is 10.2 Å². The lowest BCUT2D eigenvalue weighted by Crippen LogP contribution is -2.41. The van der Waals surface area contributed by atoms with E-state index in [-0.39, 0.29) is 0 Å². The van der Waals surface area contributed by atoms with Crippen LogP contribution in [0.4, 0.5) is 0 Å². The second-order valence-electron chi connectivity index (χ2n) is 7.23. The van der Waals surface area contributed by atoms with Gasteiger partial charge in [0.1, 0.15) is 5.75 Å². The molecule has 1 fully saturated rings. The SMILES string of the molecule is COc1cccc([C@@H](C)NCC2CCN(C)CC2c2ccccc2)c1. The maximum Gasteiger partial charge on any atom is 0.119 e. The molecular weight excluding hydrogens is 308 g/mol. The first-order valence-electron chi connectivity index (χ1n) is 9.28. The van der Waals surface area contributed by atoms with Gasteiger partial charge in [-0.05, 0) is 62.7 Å². The molecule has 2 unspecified atom stereocenters. The van der Waals surface area contributed by atoms with E-state index in [1.54, 1.807) is 7.11 Å². The summed E-state index contributed by atoms with van der Waals surface area (Å²) >= 11 is 0. The number of likely N-dealkylation sites (tertiary alicyclic amines) is 1. The number of likely N-dealkylation sites (N-methyl/N-ethyl adjacent to an activating group) is 1. The van der Waals surface area contributed by atoms with Crippen molar-refractivity contribution in [3.63, 3.8) is 0 Å². The van der Waals surface area contributed by atoms with Gasteiger partial charge in [-0.15, -0.1) is 0 Å². The molecule has 0 amide bonds. The molecule has 2 aromatic carbocycles. The molecule has 0 aliphatic carbocycles. The van der Waals surface area contributed by atoms with E-state index in [1.807, 2.05) is 6.07 Å². The highest BCUT2D eigenvalue weighted by atomic mass is 16.5. The van der Waals surface area contributed by atoms with E-state index >= 15 is 0 Å². The summed E-state index contributed by atoms with van der Waals surface area (Å²) < 4.78 is 5.35. The van der Waals surface area contributed by atoms with Crippen LogP contribution in [0.3, 0.4) is 0 Å². The van der Waals surface area contributed by atoms with Gasteiger partial charge in [-0.2, -0.15) is 0 Å². The van der Waals surface area contributed by atoms with E-state index in [0.717, 1.165) is 18.8 Å². The van der Waals surface area contributed by atoms with Crippen molar-refractivity contribution in [2.24, 2.45) is 5.92 Å². The van der Waals surface area contributed by atoms with Crippen LogP contribution >= 0.6 is 0 Å². The van der Waals surface area contributed by atoms with Gasteiger partial charge in [-0.3, -0.25) is 0 Å². The van der Waals surface area contributed by atoms with Crippen LogP contribution in [0.25, 0.3) is 0 Å². The van der Waals surface area contributed by atoms with Gasteiger partial charge >= 0.3 is 0 Å². The molecule has 1 aliphatic heterocycles. The molecule has 0 aromatic heterocycles. The first-order valence-corrected chi connectivity index (χ1v) is 9.28. The van der Waals surface area contributed by atoms with Crippen LogP contribution in [0, 0.1) is 5.92 Å². The summed E-state index contributed by atoms with van der Waals surface area (Å²) in [7, 11) is 3.96. The lowest BCUT2D eigenvalue weighted by atomic mass is 9.80. The van der Waals surface area contributed by atoms with Crippen LogP contribution in [0.15, 0.2) is 54.6 Å². The first kappa shape index (κ1) is 18.0. The summed E-state index contributed by atoms with van der Waals surface area (Å²) in [5, 5.41) is 3.76. The van der Waals surface area contributed by atoms with Crippen molar-refractivity contribution in [2.45, 2.75) is 25.3 Å². The summed E-state index contributed by atoms with van der Waals surface area (Å²) in [6.45, 7) is 5.61. The monoisotopic (exact) mass is 338 g/mol. The van der Waals surface area contributed by atoms with E-state index in [9.17, 15) is 0 Å². The van der Waals surface area contributed by atoms with Gasteiger partial charge in [0, 0.05) is 18.5 Å². The van der Waals surface area contributed by atoms with E-state index in [0.29, 0.717) is 17.9 Å². The van der Waals surface area contributed by atoms with Gasteiger partial charge < -0.3 is 15.0 Å². The van der Waals surface area contributed by atoms with Crippen molar-refractivity contribution < 1.29 is 4.74 Å². The van der Waals surface area contributed by atoms with Gasteiger partial charge in [-0.1, -0.05) is 42.5 Å². The molecule has 1 saturated heterocycles. The lowest BCUT2D eigenvalue weighted by Gasteiger charge is -2.38. The average Bonchev–Trinajstić information content (AvgIpc) is 2.67. The highest BCUT2D eigenvalue weighted by molar-refractivity contribution is 5.30. The molecule has 0 spiro atoms. The van der Waals surface area contributed by atoms with Crippen molar-refractivity contribution >= 4 is 0 Å². The quantitative estimate of drug-likeness (QED) is 0.859. The molecule has 3 nitrogen and oxygen atoms in total. The standard InChI is InChI=1S/C22H30N2O/c1-17(19-10-7-11-21(14-19)25-3)23-15-20-12-13-24(2)16-22(20)18-8-5-4-6-9-18/h4-11,14,17,20,22-23H,12-13,15-16H2,1-3H3/t17-,20?,22?/m1/s1. The number of hydrogen-bond acceptors (Lipinski definition) is 3. The Bertz CT molecular complexity index is 658. The minimum absolute atomic E-state index is 0.325. The molecule has 3 heteroatoms. The molecule has 25 heavy (non-hydrogen) atoms. The zero-order valence-corrected chi connectivity index (χ0v) is 15.6. The fraction of sp³-hybridized carbons (Fsp3) is 0.455. The Hall–Kier alpha value is -1.84. The Labute approximate surface area is 152 Å². The van der Waals surface area contributed by atoms with Crippen LogP contribution in [-0.4, -0.2) is 38.7 Å². The number of benzene rings is 2. The predicted molar refractivity (Wildman–Crippen MR) is 104 cm³/mol. The molecule has 0 radical (unpaired) electrons. The van der Waals surface area contributed by atoms with Crippen LogP contribution < -0.4 is 10.1 Å². The Morgan fingerprint density at radius 3 is 2.72 bits per heavy atom. The minimum Gasteiger partial charge on any atom is -0.497 e. The predicted octanol–water partition coefficient (Wildman–Crippen LogP) is 4.08. The number of ether oxygens (including phenoxy) is 1. The molecule has 1 N–H and O–H groups in total. The van der Waals surface area contributed by atoms with Crippen LogP contribution in [0.5, 0.6) is 5.75 Å². The molecule has 1 aliphatic rings. The normalized spacial score (nSPS) is 22.5. The summed E-state index contributed by atoms with van der Waals surface area (Å²) in [6, 6.07) is 19.7. The minimum atomic E-state index is 0.325. The van der Waals surface area contributed by atoms with Gasteiger partial charge in [0.25, 0.3) is 0 Å². The summed E-state index contributed by atoms with van der Waals surface area (Å²) in [4.78, 5) is 2.46. The average molecular weight is 338 g/mol. The molecular formula is C22H30N2O. The van der Waals surface area contributed by atoms with Crippen molar-refractivity contribution in [3.8, 4) is 5.75 Å². The van der Waals surface area contributed by atoms with Crippen LogP contribution in [-0.2, 0) is 0 Å². The van der Waals surface area contributed by atoms with Gasteiger partial charge in [-0.25, -0.2) is 0 Å². The number of methoxy groups -OCH3 is 1. The summed E-state index contributed by atoms with van der Waals surface area (Å²) in [6.07, 6.45) is 1.24. The number of nitrogens with one attached hydrogen (secondary N) is 1. The van der Waals surface area contributed by atoms with Crippen molar-refractivity contribution in [2.75, 3.05) is 33.8 Å². The number of piperidine rings is 1. The van der Waals surface area contributed by atoms with Gasteiger partial charge in [0.05, 0.1) is 7.11 Å².